The van der Waals surface area contributed by atoms with E-state index in [0.717, 1.165) is 13.0 Å². The molecule has 1 rings (SSSR count). The van der Waals surface area contributed by atoms with Gasteiger partial charge in [-0.3, -0.25) is 0 Å². The van der Waals surface area contributed by atoms with Gasteiger partial charge in [0.25, 0.3) is 0 Å². The van der Waals surface area contributed by atoms with E-state index in [1.165, 1.54) is 6.42 Å². The van der Waals surface area contributed by atoms with E-state index in [9.17, 15) is 4.79 Å². The van der Waals surface area contributed by atoms with Crippen molar-refractivity contribution < 1.29 is 9.90 Å². The van der Waals surface area contributed by atoms with Crippen LogP contribution in [-0.2, 0) is 0 Å². The predicted molar refractivity (Wildman–Crippen MR) is 37.1 cm³/mol. The third-order valence-corrected chi connectivity index (χ3v) is 1.69. The predicted octanol–water partition coefficient (Wildman–Crippen LogP) is 0.00600. The molecule has 0 radical (unpaired) electrons. The maximum atomic E-state index is 9.96. The number of hydrogen-bond donors (Lipinski definition) is 3. The summed E-state index contributed by atoms with van der Waals surface area (Å²) >= 11 is 0. The molecule has 1 amide bonds. The van der Waals surface area contributed by atoms with Crippen molar-refractivity contribution in [2.75, 3.05) is 13.1 Å². The van der Waals surface area contributed by atoms with Gasteiger partial charge in [-0.1, -0.05) is 0 Å². The highest BCUT2D eigenvalue weighted by Crippen LogP contribution is 2.04. The summed E-state index contributed by atoms with van der Waals surface area (Å²) < 4.78 is 0. The summed E-state index contributed by atoms with van der Waals surface area (Å²) in [4.78, 5) is 9.96. The molecule has 10 heavy (non-hydrogen) atoms. The van der Waals surface area contributed by atoms with Gasteiger partial charge >= 0.3 is 6.09 Å². The summed E-state index contributed by atoms with van der Waals surface area (Å²) in [5, 5.41) is 13.7. The average Bonchev–Trinajstić information content (AvgIpc) is 1.75. The average molecular weight is 144 g/mol. The van der Waals surface area contributed by atoms with Crippen molar-refractivity contribution in [1.29, 1.82) is 0 Å². The number of hydrogen-bond acceptors (Lipinski definition) is 2. The number of amides is 1. The molecule has 0 bridgehead atoms. The molecule has 0 aromatic rings. The van der Waals surface area contributed by atoms with E-state index >= 15 is 0 Å². The second-order valence-corrected chi connectivity index (χ2v) is 2.46. The molecule has 0 aromatic carbocycles. The van der Waals surface area contributed by atoms with Crippen LogP contribution < -0.4 is 10.6 Å². The molecule has 0 aliphatic carbocycles. The summed E-state index contributed by atoms with van der Waals surface area (Å²) in [7, 11) is 0. The summed E-state index contributed by atoms with van der Waals surface area (Å²) in [6, 6.07) is 0.548. The maximum absolute atomic E-state index is 9.96. The third-order valence-electron chi connectivity index (χ3n) is 1.69. The molecule has 1 aliphatic heterocycles. The normalized spacial score (nSPS) is 23.4. The van der Waals surface area contributed by atoms with Crippen molar-refractivity contribution in [3.8, 4) is 0 Å². The van der Waals surface area contributed by atoms with Gasteiger partial charge in [0.1, 0.15) is 0 Å². The third kappa shape index (κ3) is 2.23. The molecule has 0 spiro atoms. The van der Waals surface area contributed by atoms with E-state index in [2.05, 4.69) is 10.6 Å². The number of nitrogens with one attached hydrogen (secondary N) is 2. The summed E-state index contributed by atoms with van der Waals surface area (Å²) in [6.07, 6.45) is 1.16. The Morgan fingerprint density at radius 2 is 2.50 bits per heavy atom. The molecule has 1 atom stereocenters. The lowest BCUT2D eigenvalue weighted by atomic mass is 10.0. The van der Waals surface area contributed by atoms with Gasteiger partial charge in [0.05, 0.1) is 0 Å². The Bertz CT molecular complexity index is 123. The second-order valence-electron chi connectivity index (χ2n) is 2.46. The highest BCUT2D eigenvalue weighted by atomic mass is 16.4. The number of rotatable bonds is 3. The van der Waals surface area contributed by atoms with Crippen LogP contribution in [0, 0.1) is 0 Å². The SMILES string of the molecule is O=C(O)NCCC1CCN1. The molecule has 0 aromatic heterocycles. The van der Waals surface area contributed by atoms with Crippen LogP contribution in [0.2, 0.25) is 0 Å². The standard InChI is InChI=1S/C6H12N2O2/c9-6(10)8-4-2-5-1-3-7-5/h5,7-8H,1-4H2,(H,9,10). The zero-order chi connectivity index (χ0) is 7.40. The molecule has 4 nitrogen and oxygen atoms in total. The van der Waals surface area contributed by atoms with Crippen molar-refractivity contribution in [3.63, 3.8) is 0 Å². The first-order valence-electron chi connectivity index (χ1n) is 3.49. The van der Waals surface area contributed by atoms with Gasteiger partial charge in [-0.25, -0.2) is 4.79 Å². The molecule has 4 heteroatoms. The fourth-order valence-electron chi connectivity index (χ4n) is 0.948. The minimum absolute atomic E-state index is 0.548. The zero-order valence-electron chi connectivity index (χ0n) is 5.76. The lowest BCUT2D eigenvalue weighted by Gasteiger charge is -2.27. The Morgan fingerprint density at radius 1 is 1.80 bits per heavy atom. The topological polar surface area (TPSA) is 61.4 Å². The van der Waals surface area contributed by atoms with Crippen molar-refractivity contribution >= 4 is 6.09 Å². The van der Waals surface area contributed by atoms with Crippen molar-refractivity contribution in [2.24, 2.45) is 0 Å². The first-order chi connectivity index (χ1) is 4.79. The Kier molecular flexibility index (Phi) is 2.50. The van der Waals surface area contributed by atoms with Crippen molar-refractivity contribution in [2.45, 2.75) is 18.9 Å². The van der Waals surface area contributed by atoms with Crippen LogP contribution in [0.1, 0.15) is 12.8 Å². The van der Waals surface area contributed by atoms with E-state index < -0.39 is 6.09 Å². The van der Waals surface area contributed by atoms with Gasteiger partial charge in [-0.2, -0.15) is 0 Å². The molecule has 1 saturated heterocycles. The first-order valence-corrected chi connectivity index (χ1v) is 3.49. The minimum Gasteiger partial charge on any atom is -0.465 e. The van der Waals surface area contributed by atoms with Crippen molar-refractivity contribution in [3.05, 3.63) is 0 Å². The minimum atomic E-state index is -0.931. The maximum Gasteiger partial charge on any atom is 0.404 e. The molecule has 1 fully saturated rings. The van der Waals surface area contributed by atoms with E-state index in [-0.39, 0.29) is 0 Å². The van der Waals surface area contributed by atoms with Gasteiger partial charge in [-0.15, -0.1) is 0 Å². The van der Waals surface area contributed by atoms with Gasteiger partial charge in [-0.05, 0) is 19.4 Å². The monoisotopic (exact) mass is 144 g/mol. The Labute approximate surface area is 59.6 Å². The molecule has 1 heterocycles. The Morgan fingerprint density at radius 3 is 2.90 bits per heavy atom. The van der Waals surface area contributed by atoms with Gasteiger partial charge < -0.3 is 15.7 Å². The van der Waals surface area contributed by atoms with Crippen molar-refractivity contribution in [1.82, 2.24) is 10.6 Å². The van der Waals surface area contributed by atoms with Gasteiger partial charge in [0.15, 0.2) is 0 Å². The molecule has 58 valence electrons. The van der Waals surface area contributed by atoms with Crippen LogP contribution >= 0.6 is 0 Å². The molecule has 1 unspecified atom stereocenters. The van der Waals surface area contributed by atoms with Gasteiger partial charge in [0.2, 0.25) is 0 Å². The van der Waals surface area contributed by atoms with E-state index in [4.69, 9.17) is 5.11 Å². The van der Waals surface area contributed by atoms with Gasteiger partial charge in [0, 0.05) is 12.6 Å². The van der Waals surface area contributed by atoms with E-state index in [1.807, 2.05) is 0 Å². The largest absolute Gasteiger partial charge is 0.465 e. The lowest BCUT2D eigenvalue weighted by molar-refractivity contribution is 0.193. The van der Waals surface area contributed by atoms with Crippen LogP contribution in [-0.4, -0.2) is 30.3 Å². The first kappa shape index (κ1) is 7.34. The number of carboxylic acid groups (broad SMARTS) is 1. The molecular weight excluding hydrogens is 132 g/mol. The highest BCUT2D eigenvalue weighted by molar-refractivity contribution is 5.64. The lowest BCUT2D eigenvalue weighted by Crippen LogP contribution is -2.44. The summed E-state index contributed by atoms with van der Waals surface area (Å²) in [5.41, 5.74) is 0. The smallest absolute Gasteiger partial charge is 0.404 e. The van der Waals surface area contributed by atoms with E-state index in [0.29, 0.717) is 12.6 Å². The quantitative estimate of drug-likeness (QED) is 0.522. The van der Waals surface area contributed by atoms with E-state index in [1.54, 1.807) is 0 Å². The van der Waals surface area contributed by atoms with Crippen LogP contribution in [0.5, 0.6) is 0 Å². The summed E-state index contributed by atoms with van der Waals surface area (Å²) in [6.45, 7) is 1.64. The summed E-state index contributed by atoms with van der Waals surface area (Å²) in [5.74, 6) is 0. The van der Waals surface area contributed by atoms with Crippen LogP contribution in [0.25, 0.3) is 0 Å². The van der Waals surface area contributed by atoms with Crippen LogP contribution in [0.15, 0.2) is 0 Å². The Balaban J connectivity index is 1.89. The van der Waals surface area contributed by atoms with Crippen LogP contribution in [0.3, 0.4) is 0 Å². The molecule has 3 N–H and O–H groups in total. The molecule has 0 saturated carbocycles. The molecular formula is C6H12N2O2. The fraction of sp³-hybridized carbons (Fsp3) is 0.833. The number of carbonyl (C=O) groups is 1. The second kappa shape index (κ2) is 3.41. The molecule has 1 aliphatic rings. The highest BCUT2D eigenvalue weighted by Gasteiger charge is 2.15. The zero-order valence-corrected chi connectivity index (χ0v) is 5.76. The fourth-order valence-corrected chi connectivity index (χ4v) is 0.948. The van der Waals surface area contributed by atoms with Crippen LogP contribution in [0.4, 0.5) is 4.79 Å². The Hall–Kier alpha value is -0.770.